The molecule has 1 saturated heterocycles. The molecule has 2 amide bonds. The highest BCUT2D eigenvalue weighted by Gasteiger charge is 2.51. The van der Waals surface area contributed by atoms with Crippen LogP contribution in [0.4, 0.5) is 22.0 Å². The van der Waals surface area contributed by atoms with Crippen molar-refractivity contribution in [3.63, 3.8) is 0 Å². The lowest BCUT2D eigenvalue weighted by atomic mass is 10.2. The van der Waals surface area contributed by atoms with Crippen LogP contribution in [-0.4, -0.2) is 58.5 Å². The molecule has 234 valence electrons. The zero-order chi connectivity index (χ0) is 31.5. The Balaban J connectivity index is 0.988. The number of fused-ring (bicyclic) bond motifs is 1. The predicted molar refractivity (Wildman–Crippen MR) is 151 cm³/mol. The summed E-state index contributed by atoms with van der Waals surface area (Å²) in [4.78, 5) is 28.2. The van der Waals surface area contributed by atoms with Crippen LogP contribution in [-0.2, 0) is 30.6 Å². The molecule has 2 aliphatic heterocycles. The van der Waals surface area contributed by atoms with Crippen LogP contribution in [0.3, 0.4) is 0 Å². The van der Waals surface area contributed by atoms with Crippen molar-refractivity contribution in [1.82, 2.24) is 46.2 Å². The summed E-state index contributed by atoms with van der Waals surface area (Å²) in [5, 5.41) is 16.6. The molecule has 1 fully saturated rings. The molecular weight excluding hydrogens is 708 g/mol. The number of rotatable bonds is 13. The van der Waals surface area contributed by atoms with E-state index in [0.717, 1.165) is 53.4 Å². The number of carbonyl (C=O) groups is 2. The molecule has 44 heavy (non-hydrogen) atoms. The number of amides is 2. The average molecular weight is 733 g/mol. The van der Waals surface area contributed by atoms with Gasteiger partial charge in [0.1, 0.15) is 11.4 Å². The van der Waals surface area contributed by atoms with Crippen molar-refractivity contribution in [1.29, 1.82) is 0 Å². The normalized spacial score (nSPS) is 16.0. The number of alkyl halides is 6. The number of halogens is 6. The van der Waals surface area contributed by atoms with Crippen LogP contribution in [0, 0.1) is 0 Å². The van der Waals surface area contributed by atoms with Gasteiger partial charge in [-0.2, -0.15) is 22.0 Å². The second-order valence-corrected chi connectivity index (χ2v) is 11.1. The number of hydrogen-bond donors (Lipinski definition) is 3. The largest absolute Gasteiger partial charge is 0.451 e. The summed E-state index contributed by atoms with van der Waals surface area (Å²) in [6.07, 6.45) is 1.28. The van der Waals surface area contributed by atoms with Gasteiger partial charge in [-0.25, -0.2) is 0 Å². The Morgan fingerprint density at radius 1 is 1.02 bits per heavy atom. The molecule has 0 radical (unpaired) electrons. The first-order valence-corrected chi connectivity index (χ1v) is 14.3. The van der Waals surface area contributed by atoms with Crippen LogP contribution < -0.4 is 20.9 Å². The molecule has 2 aliphatic rings. The first-order valence-electron chi connectivity index (χ1n) is 13.2. The van der Waals surface area contributed by atoms with Crippen molar-refractivity contribution >= 4 is 34.4 Å². The molecule has 0 unspecified atom stereocenters. The van der Waals surface area contributed by atoms with E-state index in [1.807, 2.05) is 5.01 Å². The Morgan fingerprint density at radius 2 is 1.77 bits per heavy atom. The van der Waals surface area contributed by atoms with Gasteiger partial charge in [-0.3, -0.25) is 29.3 Å². The van der Waals surface area contributed by atoms with Gasteiger partial charge in [0.15, 0.2) is 11.7 Å². The SMILES string of the molecule is O=C(NCc1cccc(OC(F)(F)I)c1)c1cn(CCCCN2C=C3[C@H](C(=O)NCc4ccnc(C(F)(F)F)c4)N3N2)nn1. The van der Waals surface area contributed by atoms with Crippen LogP contribution in [0.15, 0.2) is 60.7 Å². The second-order valence-electron chi connectivity index (χ2n) is 9.84. The van der Waals surface area contributed by atoms with Crippen molar-refractivity contribution in [2.75, 3.05) is 6.54 Å². The van der Waals surface area contributed by atoms with E-state index in [2.05, 4.69) is 36.2 Å². The zero-order valence-electron chi connectivity index (χ0n) is 22.7. The summed E-state index contributed by atoms with van der Waals surface area (Å²) in [6, 6.07) is 7.81. The molecule has 18 heteroatoms. The third kappa shape index (κ3) is 8.30. The number of nitrogens with zero attached hydrogens (tertiary/aromatic N) is 6. The molecule has 3 aromatic rings. The second kappa shape index (κ2) is 12.9. The molecule has 3 N–H and O–H groups in total. The highest BCUT2D eigenvalue weighted by molar-refractivity contribution is 14.1. The van der Waals surface area contributed by atoms with Crippen LogP contribution in [0.25, 0.3) is 0 Å². The summed E-state index contributed by atoms with van der Waals surface area (Å²) >= 11 is 0.876. The fourth-order valence-corrected chi connectivity index (χ4v) is 4.62. The fourth-order valence-electron chi connectivity index (χ4n) is 4.37. The van der Waals surface area contributed by atoms with Crippen molar-refractivity contribution in [3.05, 3.63) is 83.2 Å². The molecule has 1 atom stereocenters. The average Bonchev–Trinajstić information content (AvgIpc) is 3.26. The summed E-state index contributed by atoms with van der Waals surface area (Å²) in [5.74, 6) is -0.816. The predicted octanol–water partition coefficient (Wildman–Crippen LogP) is 3.34. The van der Waals surface area contributed by atoms with E-state index in [4.69, 9.17) is 0 Å². The molecular formula is C26H25F5IN9O3. The van der Waals surface area contributed by atoms with Gasteiger partial charge in [0.2, 0.25) is 0 Å². The molecule has 0 spiro atoms. The molecule has 5 rings (SSSR count). The monoisotopic (exact) mass is 733 g/mol. The van der Waals surface area contributed by atoms with E-state index in [0.29, 0.717) is 24.2 Å². The number of hydrazine groups is 2. The van der Waals surface area contributed by atoms with Gasteiger partial charge in [-0.1, -0.05) is 17.3 Å². The molecule has 1 aromatic carbocycles. The van der Waals surface area contributed by atoms with E-state index in [1.54, 1.807) is 28.0 Å². The number of unbranched alkanes of at least 4 members (excludes halogenated alkanes) is 1. The molecule has 0 bridgehead atoms. The Kier molecular flexibility index (Phi) is 9.18. The van der Waals surface area contributed by atoms with Crippen molar-refractivity contribution in [3.8, 4) is 5.75 Å². The number of carbonyl (C=O) groups excluding carboxylic acids is 2. The summed E-state index contributed by atoms with van der Waals surface area (Å²) in [5.41, 5.74) is 3.79. The topological polar surface area (TPSA) is 129 Å². The Hall–Kier alpha value is -4.07. The maximum atomic E-state index is 13.1. The van der Waals surface area contributed by atoms with E-state index < -0.39 is 27.9 Å². The lowest BCUT2D eigenvalue weighted by molar-refractivity contribution is -0.141. The Labute approximate surface area is 260 Å². The fraction of sp³-hybridized carbons (Fsp3) is 0.346. The smallest absolute Gasteiger partial charge is 0.425 e. The number of hydrogen-bond acceptors (Lipinski definition) is 9. The van der Waals surface area contributed by atoms with Crippen molar-refractivity contribution in [2.24, 2.45) is 0 Å². The minimum absolute atomic E-state index is 0.0208. The van der Waals surface area contributed by atoms with Gasteiger partial charge in [-0.15, -0.1) is 10.6 Å². The molecule has 0 aliphatic carbocycles. The summed E-state index contributed by atoms with van der Waals surface area (Å²) in [7, 11) is 0. The zero-order valence-corrected chi connectivity index (χ0v) is 24.8. The van der Waals surface area contributed by atoms with Gasteiger partial charge in [0.25, 0.3) is 11.8 Å². The third-order valence-corrected chi connectivity index (χ3v) is 6.72. The maximum absolute atomic E-state index is 13.1. The highest BCUT2D eigenvalue weighted by atomic mass is 127. The number of ether oxygens (including phenoxy) is 1. The minimum Gasteiger partial charge on any atom is -0.425 e. The van der Waals surface area contributed by atoms with E-state index >= 15 is 0 Å². The number of aryl methyl sites for hydroxylation is 1. The van der Waals surface area contributed by atoms with Crippen molar-refractivity contribution in [2.45, 2.75) is 48.8 Å². The first-order chi connectivity index (χ1) is 20.9. The van der Waals surface area contributed by atoms with E-state index in [-0.39, 0.29) is 30.4 Å². The standard InChI is InChI=1S/C26H25F5IN9O3/c27-25(28,29)21-11-17(6-7-33-21)13-35-24(43)22-20-15-40(38-41(20)22)9-2-1-8-39-14-19(36-37-39)23(42)34-12-16-4-3-5-18(10-16)44-26(30,31)32/h3-7,10-11,14-15,22,38H,1-2,8-9,12-13H2,(H,34,42)(H,35,43)/t22-,41?/m1/s1. The maximum Gasteiger partial charge on any atom is 0.451 e. The first kappa shape index (κ1) is 31.4. The quantitative estimate of drug-likeness (QED) is 0.0797. The Bertz CT molecular complexity index is 1550. The van der Waals surface area contributed by atoms with Crippen LogP contribution in [0.5, 0.6) is 5.75 Å². The molecule has 0 saturated carbocycles. The number of aromatic nitrogens is 4. The highest BCUT2D eigenvalue weighted by Crippen LogP contribution is 2.35. The number of benzene rings is 1. The summed E-state index contributed by atoms with van der Waals surface area (Å²) < 4.78 is 67.3. The van der Waals surface area contributed by atoms with Gasteiger partial charge in [-0.05, 0) is 48.2 Å². The molecule has 4 heterocycles. The molecule has 12 nitrogen and oxygen atoms in total. The lowest BCUT2D eigenvalue weighted by Crippen LogP contribution is -2.40. The van der Waals surface area contributed by atoms with Gasteiger partial charge >= 0.3 is 10.3 Å². The van der Waals surface area contributed by atoms with Gasteiger partial charge < -0.3 is 15.4 Å². The third-order valence-electron chi connectivity index (χ3n) is 6.50. The van der Waals surface area contributed by atoms with E-state index in [9.17, 15) is 31.5 Å². The molecule has 2 aromatic heterocycles. The summed E-state index contributed by atoms with van der Waals surface area (Å²) in [6.45, 7) is 1.17. The lowest BCUT2D eigenvalue weighted by Gasteiger charge is -2.19. The van der Waals surface area contributed by atoms with Crippen LogP contribution in [0.1, 0.15) is 40.2 Å². The van der Waals surface area contributed by atoms with Crippen molar-refractivity contribution < 1.29 is 36.3 Å². The van der Waals surface area contributed by atoms with Gasteiger partial charge in [0, 0.05) is 38.6 Å². The van der Waals surface area contributed by atoms with E-state index in [1.165, 1.54) is 24.4 Å². The number of nitrogens with one attached hydrogen (secondary N) is 3. The van der Waals surface area contributed by atoms with Crippen LogP contribution in [0.2, 0.25) is 0 Å². The Morgan fingerprint density at radius 3 is 2.50 bits per heavy atom. The van der Waals surface area contributed by atoms with Gasteiger partial charge in [0.05, 0.1) is 34.5 Å². The minimum atomic E-state index is -4.56. The van der Waals surface area contributed by atoms with Crippen LogP contribution >= 0.6 is 22.6 Å². The number of pyridine rings is 1.